The van der Waals surface area contributed by atoms with Crippen molar-refractivity contribution in [3.05, 3.63) is 66.2 Å². The predicted octanol–water partition coefficient (Wildman–Crippen LogP) is 5.87. The zero-order valence-corrected chi connectivity index (χ0v) is 19.1. The summed E-state index contributed by atoms with van der Waals surface area (Å²) in [7, 11) is 0. The third kappa shape index (κ3) is 9.55. The van der Waals surface area contributed by atoms with Gasteiger partial charge in [-0.15, -0.1) is 0 Å². The summed E-state index contributed by atoms with van der Waals surface area (Å²) >= 11 is 0. The zero-order valence-electron chi connectivity index (χ0n) is 19.1. The molecule has 0 unspecified atom stereocenters. The average molecular weight is 439 g/mol. The van der Waals surface area contributed by atoms with Gasteiger partial charge in [0.1, 0.15) is 11.4 Å². The first kappa shape index (κ1) is 24.8. The van der Waals surface area contributed by atoms with Gasteiger partial charge < -0.3 is 14.2 Å². The summed E-state index contributed by atoms with van der Waals surface area (Å²) in [5, 5.41) is 8.47. The molecule has 0 saturated heterocycles. The van der Waals surface area contributed by atoms with Gasteiger partial charge in [0.05, 0.1) is 31.0 Å². The number of benzene rings is 2. The standard InChI is InChI=1S/C25H30N2O5/c1-18(2)24(29)31-15-7-14-30-22-12-10-20(11-13-22)26-27-21-9-6-8-19(16-21)17-23(28)32-25(3,4)5/h6,8-13,16H,1,7,14-15,17H2,2-5H3. The van der Waals surface area contributed by atoms with Crippen LogP contribution in [-0.2, 0) is 25.5 Å². The van der Waals surface area contributed by atoms with E-state index in [1.807, 2.05) is 45.0 Å². The first-order valence-electron chi connectivity index (χ1n) is 10.4. The highest BCUT2D eigenvalue weighted by molar-refractivity contribution is 5.86. The van der Waals surface area contributed by atoms with Crippen LogP contribution < -0.4 is 4.74 Å². The molecule has 0 aliphatic heterocycles. The Morgan fingerprint density at radius 1 is 0.969 bits per heavy atom. The molecule has 32 heavy (non-hydrogen) atoms. The molecule has 2 rings (SSSR count). The molecule has 0 aromatic heterocycles. The first-order chi connectivity index (χ1) is 15.1. The highest BCUT2D eigenvalue weighted by Crippen LogP contribution is 2.22. The number of esters is 2. The molecule has 7 nitrogen and oxygen atoms in total. The van der Waals surface area contributed by atoms with Crippen molar-refractivity contribution < 1.29 is 23.8 Å². The van der Waals surface area contributed by atoms with Gasteiger partial charge in [0.15, 0.2) is 0 Å². The zero-order chi connectivity index (χ0) is 23.6. The molecular weight excluding hydrogens is 408 g/mol. The lowest BCUT2D eigenvalue weighted by Crippen LogP contribution is -2.24. The molecule has 0 spiro atoms. The molecule has 170 valence electrons. The Balaban J connectivity index is 1.83. The number of carbonyl (C=O) groups is 2. The van der Waals surface area contributed by atoms with Gasteiger partial charge in [0, 0.05) is 12.0 Å². The summed E-state index contributed by atoms with van der Waals surface area (Å²) in [4.78, 5) is 23.3. The molecule has 0 radical (unpaired) electrons. The van der Waals surface area contributed by atoms with E-state index in [1.54, 1.807) is 31.2 Å². The molecule has 0 bridgehead atoms. The molecule has 0 aliphatic rings. The van der Waals surface area contributed by atoms with E-state index >= 15 is 0 Å². The monoisotopic (exact) mass is 438 g/mol. The molecule has 0 fully saturated rings. The van der Waals surface area contributed by atoms with Crippen molar-refractivity contribution in [2.24, 2.45) is 10.2 Å². The van der Waals surface area contributed by atoms with Gasteiger partial charge in [-0.25, -0.2) is 4.79 Å². The summed E-state index contributed by atoms with van der Waals surface area (Å²) in [6, 6.07) is 14.5. The van der Waals surface area contributed by atoms with Crippen molar-refractivity contribution in [3.8, 4) is 5.75 Å². The smallest absolute Gasteiger partial charge is 0.333 e. The Hall–Kier alpha value is -3.48. The molecule has 0 aliphatic carbocycles. The molecule has 0 N–H and O–H groups in total. The van der Waals surface area contributed by atoms with Crippen LogP contribution >= 0.6 is 0 Å². The first-order valence-corrected chi connectivity index (χ1v) is 10.4. The maximum absolute atomic E-state index is 12.0. The SMILES string of the molecule is C=C(C)C(=O)OCCCOc1ccc(N=Nc2cccc(CC(=O)OC(C)(C)C)c2)cc1. The molecule has 0 saturated carbocycles. The lowest BCUT2D eigenvalue weighted by Gasteiger charge is -2.19. The second kappa shape index (κ2) is 11.8. The predicted molar refractivity (Wildman–Crippen MR) is 122 cm³/mol. The van der Waals surface area contributed by atoms with E-state index in [1.165, 1.54) is 0 Å². The van der Waals surface area contributed by atoms with Crippen molar-refractivity contribution >= 4 is 23.3 Å². The van der Waals surface area contributed by atoms with Crippen molar-refractivity contribution in [2.45, 2.75) is 46.1 Å². The van der Waals surface area contributed by atoms with Crippen molar-refractivity contribution in [1.29, 1.82) is 0 Å². The van der Waals surface area contributed by atoms with Gasteiger partial charge in [-0.3, -0.25) is 4.79 Å². The highest BCUT2D eigenvalue weighted by atomic mass is 16.6. The maximum atomic E-state index is 12.0. The normalized spacial score (nSPS) is 11.2. The largest absolute Gasteiger partial charge is 0.493 e. The summed E-state index contributed by atoms with van der Waals surface area (Å²) in [5.41, 5.74) is 2.00. The molecule has 2 aromatic carbocycles. The Labute approximate surface area is 189 Å². The van der Waals surface area contributed by atoms with E-state index in [4.69, 9.17) is 14.2 Å². The third-order valence-corrected chi connectivity index (χ3v) is 3.94. The van der Waals surface area contributed by atoms with E-state index in [0.29, 0.717) is 35.7 Å². The van der Waals surface area contributed by atoms with Crippen molar-refractivity contribution in [2.75, 3.05) is 13.2 Å². The van der Waals surface area contributed by atoms with E-state index in [2.05, 4.69) is 16.8 Å². The summed E-state index contributed by atoms with van der Waals surface area (Å²) in [6.45, 7) is 11.4. The molecule has 0 atom stereocenters. The van der Waals surface area contributed by atoms with Crippen LogP contribution in [0.2, 0.25) is 0 Å². The summed E-state index contributed by atoms with van der Waals surface area (Å²) in [6.07, 6.45) is 0.763. The van der Waals surface area contributed by atoms with Gasteiger partial charge in [0.25, 0.3) is 0 Å². The average Bonchev–Trinajstić information content (AvgIpc) is 2.71. The van der Waals surface area contributed by atoms with Gasteiger partial charge in [-0.05, 0) is 69.7 Å². The molecule has 2 aromatic rings. The highest BCUT2D eigenvalue weighted by Gasteiger charge is 2.16. The van der Waals surface area contributed by atoms with Crippen LogP contribution in [0.3, 0.4) is 0 Å². The number of azo groups is 1. The van der Waals surface area contributed by atoms with E-state index in [9.17, 15) is 9.59 Å². The van der Waals surface area contributed by atoms with Crippen LogP contribution in [0.5, 0.6) is 5.75 Å². The minimum absolute atomic E-state index is 0.180. The number of hydrogen-bond donors (Lipinski definition) is 0. The Bertz CT molecular complexity index is 959. The molecule has 0 amide bonds. The molecule has 7 heteroatoms. The lowest BCUT2D eigenvalue weighted by molar-refractivity contribution is -0.154. The van der Waals surface area contributed by atoms with Gasteiger partial charge in [-0.2, -0.15) is 10.2 Å². The van der Waals surface area contributed by atoms with E-state index in [0.717, 1.165) is 5.56 Å². The fourth-order valence-corrected chi connectivity index (χ4v) is 2.53. The van der Waals surface area contributed by atoms with Crippen molar-refractivity contribution in [3.63, 3.8) is 0 Å². The summed E-state index contributed by atoms with van der Waals surface area (Å²) < 4.78 is 16.0. The topological polar surface area (TPSA) is 86.5 Å². The van der Waals surface area contributed by atoms with Crippen LogP contribution in [0.15, 0.2) is 70.9 Å². The third-order valence-electron chi connectivity index (χ3n) is 3.94. The Kier molecular flexibility index (Phi) is 9.13. The number of ether oxygens (including phenoxy) is 3. The van der Waals surface area contributed by atoms with Crippen LogP contribution in [0, 0.1) is 0 Å². The van der Waals surface area contributed by atoms with E-state index in [-0.39, 0.29) is 19.0 Å². The maximum Gasteiger partial charge on any atom is 0.333 e. The fraction of sp³-hybridized carbons (Fsp3) is 0.360. The second-order valence-electron chi connectivity index (χ2n) is 8.25. The molecule has 0 heterocycles. The number of hydrogen-bond acceptors (Lipinski definition) is 7. The van der Waals surface area contributed by atoms with Crippen LogP contribution in [-0.4, -0.2) is 30.8 Å². The quantitative estimate of drug-likeness (QED) is 0.200. The second-order valence-corrected chi connectivity index (χ2v) is 8.25. The van der Waals surface area contributed by atoms with Gasteiger partial charge in [-0.1, -0.05) is 18.7 Å². The van der Waals surface area contributed by atoms with Gasteiger partial charge in [0.2, 0.25) is 0 Å². The van der Waals surface area contributed by atoms with E-state index < -0.39 is 11.6 Å². The van der Waals surface area contributed by atoms with Crippen molar-refractivity contribution in [1.82, 2.24) is 0 Å². The number of carbonyl (C=O) groups excluding carboxylic acids is 2. The Morgan fingerprint density at radius 2 is 1.66 bits per heavy atom. The van der Waals surface area contributed by atoms with Crippen LogP contribution in [0.1, 0.15) is 39.7 Å². The number of nitrogens with zero attached hydrogens (tertiary/aromatic N) is 2. The lowest BCUT2D eigenvalue weighted by atomic mass is 10.1. The Morgan fingerprint density at radius 3 is 2.31 bits per heavy atom. The number of rotatable bonds is 10. The van der Waals surface area contributed by atoms with Gasteiger partial charge >= 0.3 is 11.9 Å². The minimum Gasteiger partial charge on any atom is -0.493 e. The van der Waals surface area contributed by atoms with Crippen LogP contribution in [0.25, 0.3) is 0 Å². The summed E-state index contributed by atoms with van der Waals surface area (Å²) in [5.74, 6) is 0.0146. The minimum atomic E-state index is -0.512. The molecular formula is C25H30N2O5. The fourth-order valence-electron chi connectivity index (χ4n) is 2.53. The van der Waals surface area contributed by atoms with Crippen LogP contribution in [0.4, 0.5) is 11.4 Å².